The second kappa shape index (κ2) is 46.7. The molecule has 6 aliphatic heterocycles. The zero-order valence-corrected chi connectivity index (χ0v) is 94.4. The smallest absolute Gasteiger partial charge is 0.293 e. The minimum Gasteiger partial charge on any atom is -0.397 e. The number of ether oxygens (including phenoxy) is 6. The summed E-state index contributed by atoms with van der Waals surface area (Å²) in [6, 6.07) is 9.84. The predicted molar refractivity (Wildman–Crippen MR) is 604 cm³/mol. The number of thioether (sulfide) groups is 1. The van der Waals surface area contributed by atoms with Crippen LogP contribution in [0.3, 0.4) is 0 Å². The SMILES string of the molecule is C=P(C)(C)CCC1OC(n2c(=S)[nH]c3c(N)ccnc32)[C@H](O)[C@@H]1O.C=P(C)(C)CCC1OC(n2c(Br)nc3c(N)ccnc32)[C@H](O)[C@@H]1O.C=P(C)(C)CCC1OC(n2c(Cl)nc3c(N)ccnc32)[C@H](O)[C@@H]1O.C=P(C)(C)CCC1OC(n2c(F)nc3c(N)ccnc32)[C@H](O)[C@@H]1O.C=P(C)(C)CCC1OC(n2c(I)nc3c(N)ccnc32)[C@H](O)[C@@H]1O.C=P(C)(C)CCC1OC(n2c(SC)nc3c(N)ccnc32)[C@H](O)[C@@H]1O. The molecule has 12 aromatic heterocycles. The number of aliphatic hydroxyl groups is 12. The molecule has 6 fully saturated rings. The first-order valence-corrected chi connectivity index (χ1v) is 68.6. The Bertz CT molecular complexity index is 6480. The molecule has 0 bridgehead atoms. The topological polar surface area (TPSA) is 641 Å². The molecule has 42 nitrogen and oxygen atoms in total. The molecule has 0 aromatic carbocycles. The van der Waals surface area contributed by atoms with E-state index >= 15 is 0 Å². The minimum absolute atomic E-state index is 0.109. The van der Waals surface area contributed by atoms with Crippen molar-refractivity contribution in [3.05, 3.63) is 98.3 Å². The summed E-state index contributed by atoms with van der Waals surface area (Å²) in [5.41, 5.74) is 43.9. The first kappa shape index (κ1) is 116. The van der Waals surface area contributed by atoms with Gasteiger partial charge in [0.25, 0.3) is 6.08 Å². The van der Waals surface area contributed by atoms with Crippen LogP contribution in [0.25, 0.3) is 67.0 Å². The number of nitrogen functional groups attached to an aromatic ring is 6. The Balaban J connectivity index is 0.000000146. The maximum absolute atomic E-state index is 14.3. The predicted octanol–water partition coefficient (Wildman–Crippen LogP) is 7.94. The van der Waals surface area contributed by atoms with Gasteiger partial charge in [0.2, 0.25) is 5.28 Å². The van der Waals surface area contributed by atoms with Gasteiger partial charge in [-0.3, -0.25) is 27.4 Å². The Morgan fingerprint density at radius 2 is 0.614 bits per heavy atom. The minimum atomic E-state index is -1.29. The van der Waals surface area contributed by atoms with Crippen molar-refractivity contribution in [2.45, 2.75) is 191 Å². The van der Waals surface area contributed by atoms with Crippen LogP contribution in [0.5, 0.6) is 0 Å². The van der Waals surface area contributed by atoms with E-state index in [0.29, 0.717) is 141 Å². The Labute approximate surface area is 875 Å². The second-order valence-electron chi connectivity index (χ2n) is 41.2. The van der Waals surface area contributed by atoms with E-state index in [9.17, 15) is 65.7 Å². The number of halogens is 4. The van der Waals surface area contributed by atoms with Crippen LogP contribution in [0.15, 0.2) is 83.5 Å². The standard InChI is InChI=1S/C16H25N4O3PS.C15H22BrN4O3P.C15H22ClN4O3P.C15H22FN4O3P.C15H22IN4O3P.C15H23N4O3PS/c1-24(2,3)8-6-10-12(21)13(22)15(23-10)20-14-11(19-16(20)25-4)9(17)5-7-18-14;4*1-24(2,3)7-5-9-11(21)12(22)14(23-9)20-13-10(19-15(20)16)8(17)4-6-18-13;1-23(2,3)7-5-9-11(20)12(21)14(22-9)19-13-10(18-15(19)24)8(16)4-6-17-13/h5,7,10,12-13,15,21-22H,1,6,8H2,2-4H3,(H2,17,18);4*4,6,9,11-12,14,21-22H,1,5,7H2,2-3H3,(H2,17,18);4,6,9,11-12,14,20-21H,1,5,7H2,2-3H3,(H2,16,17)(H,18,24)/t10?,12-,13-,15?;5*9?,11-,12-,14?/m111111/s1. The molecule has 0 spiro atoms. The highest BCUT2D eigenvalue weighted by Gasteiger charge is 2.52. The lowest BCUT2D eigenvalue weighted by atomic mass is 10.1. The number of nitrogens with one attached hydrogen (secondary N) is 1. The lowest BCUT2D eigenvalue weighted by Gasteiger charge is -2.19. The maximum atomic E-state index is 14.3. The van der Waals surface area contributed by atoms with E-state index in [2.05, 4.69) is 216 Å². The molecule has 12 aromatic rings. The van der Waals surface area contributed by atoms with Gasteiger partial charge in [-0.15, -0.1) is 79.1 Å². The van der Waals surface area contributed by atoms with Crippen molar-refractivity contribution in [3.63, 3.8) is 0 Å². The lowest BCUT2D eigenvalue weighted by molar-refractivity contribution is -0.0413. The number of aliphatic hydroxyl groups excluding tert-OH is 12. The van der Waals surface area contributed by atoms with Crippen molar-refractivity contribution in [1.29, 1.82) is 0 Å². The molecule has 12 unspecified atom stereocenters. The third kappa shape index (κ3) is 26.7. The summed E-state index contributed by atoms with van der Waals surface area (Å²) in [5.74, 6) is 0. The molecule has 24 atom stereocenters. The fourth-order valence-corrected chi connectivity index (χ4v) is 25.5. The van der Waals surface area contributed by atoms with Gasteiger partial charge in [-0.1, -0.05) is 11.8 Å². The average molecular weight is 2370 g/mol. The van der Waals surface area contributed by atoms with Crippen molar-refractivity contribution in [3.8, 4) is 0 Å². The third-order valence-electron chi connectivity index (χ3n) is 25.3. The number of imidazole rings is 6. The van der Waals surface area contributed by atoms with Gasteiger partial charge in [-0.05, 0) is 238 Å². The number of fused-ring (bicyclic) bond motifs is 6. The zero-order valence-electron chi connectivity index (χ0n) is 82.9. The zero-order chi connectivity index (χ0) is 107. The fourth-order valence-electron chi connectivity index (χ4n) is 17.4. The number of anilines is 6. The second-order valence-corrected chi connectivity index (χ2v) is 70.3. The van der Waals surface area contributed by atoms with Gasteiger partial charge in [-0.2, -0.15) is 9.37 Å². The van der Waals surface area contributed by atoms with Gasteiger partial charge in [0.05, 0.1) is 70.7 Å². The molecule has 18 heterocycles. The number of rotatable bonds is 25. The van der Waals surface area contributed by atoms with Gasteiger partial charge in [0, 0.05) is 59.8 Å². The van der Waals surface area contributed by atoms with Crippen LogP contribution < -0.4 is 34.4 Å². The van der Waals surface area contributed by atoms with Crippen LogP contribution in [0.2, 0.25) is 5.28 Å². The number of hydrogen-bond acceptors (Lipinski definition) is 37. The molecule has 6 aliphatic rings. The molecule has 6 saturated heterocycles. The summed E-state index contributed by atoms with van der Waals surface area (Å²) in [7, 11) is 0. The van der Waals surface area contributed by atoms with E-state index in [0.717, 1.165) is 41.5 Å². The van der Waals surface area contributed by atoms with E-state index in [1.165, 1.54) is 34.8 Å². The van der Waals surface area contributed by atoms with E-state index < -0.39 is 195 Å². The number of pyridine rings is 6. The molecule has 0 saturated carbocycles. The van der Waals surface area contributed by atoms with Crippen LogP contribution in [0.1, 0.15) is 75.9 Å². The van der Waals surface area contributed by atoms with Gasteiger partial charge < -0.3 is 129 Å². The van der Waals surface area contributed by atoms with Gasteiger partial charge in [0.1, 0.15) is 106 Å². The van der Waals surface area contributed by atoms with Crippen LogP contribution in [0.4, 0.5) is 38.5 Å². The van der Waals surface area contributed by atoms with E-state index in [-0.39, 0.29) is 22.1 Å². The Kier molecular flexibility index (Phi) is 37.2. The first-order valence-electron chi connectivity index (χ1n) is 46.4. The molecule has 0 amide bonds. The molecule has 798 valence electrons. The van der Waals surface area contributed by atoms with Crippen molar-refractivity contribution < 1.29 is 94.1 Å². The van der Waals surface area contributed by atoms with Crippen molar-refractivity contribution in [2.24, 2.45) is 0 Å². The molecule has 25 N–H and O–H groups in total. The van der Waals surface area contributed by atoms with Gasteiger partial charge in [0.15, 0.2) is 89.7 Å². The quantitative estimate of drug-likeness (QED) is 0.0112. The molecule has 0 radical (unpaired) electrons. The molecular weight excluding hydrogens is 2230 g/mol. The van der Waals surface area contributed by atoms with Gasteiger partial charge >= 0.3 is 0 Å². The Morgan fingerprint density at radius 3 is 0.952 bits per heavy atom. The molecule has 54 heteroatoms. The van der Waals surface area contributed by atoms with Crippen molar-refractivity contribution in [1.82, 2.24) is 87.2 Å². The maximum Gasteiger partial charge on any atom is 0.293 e. The van der Waals surface area contributed by atoms with Crippen LogP contribution in [-0.4, -0.2) is 419 Å². The van der Waals surface area contributed by atoms with Crippen molar-refractivity contribution >= 4 is 254 Å². The van der Waals surface area contributed by atoms with E-state index in [1.54, 1.807) is 73.4 Å². The lowest BCUT2D eigenvalue weighted by Crippen LogP contribution is -2.32. The van der Waals surface area contributed by atoms with E-state index in [1.807, 2.05) is 6.26 Å². The van der Waals surface area contributed by atoms with E-state index in [4.69, 9.17) is 86.6 Å². The number of nitrogens with zero attached hydrogens (tertiary/aromatic N) is 17. The summed E-state index contributed by atoms with van der Waals surface area (Å²) in [6.45, 7) is 18.0. The summed E-state index contributed by atoms with van der Waals surface area (Å²) >= 11 is 18.4. The van der Waals surface area contributed by atoms with Gasteiger partial charge in [-0.25, -0.2) is 49.8 Å². The summed E-state index contributed by atoms with van der Waals surface area (Å²) in [6.07, 6.45) is 23.8. The average Bonchev–Trinajstić information content (AvgIpc) is 1.61. The highest BCUT2D eigenvalue weighted by molar-refractivity contribution is 14.1. The van der Waals surface area contributed by atoms with Crippen molar-refractivity contribution in [2.75, 3.05) is 158 Å². The number of aromatic amines is 1. The monoisotopic (exact) mass is 2360 g/mol. The molecular formula is C91H136BrClFIN24O18P6S2. The molecule has 0 aliphatic carbocycles. The number of hydrogen-bond donors (Lipinski definition) is 19. The number of aromatic nitrogens is 18. The summed E-state index contributed by atoms with van der Waals surface area (Å²) < 4.78 is 60.4. The Hall–Kier alpha value is -6.40. The first-order chi connectivity index (χ1) is 67.7. The highest BCUT2D eigenvalue weighted by Crippen LogP contribution is 2.49. The van der Waals surface area contributed by atoms with Crippen LogP contribution in [0, 0.1) is 14.7 Å². The third-order valence-corrected chi connectivity index (χ3v) is 36.7. The summed E-state index contributed by atoms with van der Waals surface area (Å²) in [5, 5.41) is 126. The Morgan fingerprint density at radius 1 is 0.366 bits per heavy atom. The van der Waals surface area contributed by atoms with Crippen LogP contribution in [-0.2, 0) is 28.4 Å². The largest absolute Gasteiger partial charge is 0.397 e. The number of H-pyrrole nitrogens is 1. The fraction of sp³-hybridized carbons (Fsp3) is 0.538. The highest BCUT2D eigenvalue weighted by atomic mass is 127. The summed E-state index contributed by atoms with van der Waals surface area (Å²) in [4.78, 5) is 49.8. The van der Waals surface area contributed by atoms with Crippen LogP contribution >= 0.6 is 115 Å². The molecule has 145 heavy (non-hydrogen) atoms. The normalized spacial score (nSPS) is 27.8. The number of nitrogens with two attached hydrogens (primary N) is 6. The molecule has 18 rings (SSSR count).